The number of ether oxygens (including phenoxy) is 1. The van der Waals surface area contributed by atoms with Gasteiger partial charge in [-0.3, -0.25) is 4.79 Å². The van der Waals surface area contributed by atoms with Crippen LogP contribution in [0, 0.1) is 17.7 Å². The third-order valence-corrected chi connectivity index (χ3v) is 6.14. The van der Waals surface area contributed by atoms with E-state index in [0.29, 0.717) is 19.1 Å². The van der Waals surface area contributed by atoms with E-state index < -0.39 is 15.8 Å². The Kier molecular flexibility index (Phi) is 4.39. The summed E-state index contributed by atoms with van der Waals surface area (Å²) >= 11 is 0. The standard InChI is InChI=1S/C15H19FN2O4S/c1-10-8-12(10)15(19)17-14-9-11(2-3-13(14)16)23(20,21)18-4-6-22-7-5-18/h2-3,9-10,12H,4-8H2,1H3,(H,17,19)/t10-,12+/m1/s1. The number of nitrogens with zero attached hydrogens (tertiary/aromatic N) is 1. The van der Waals surface area contributed by atoms with Crippen molar-refractivity contribution in [2.24, 2.45) is 11.8 Å². The molecule has 1 N–H and O–H groups in total. The van der Waals surface area contributed by atoms with E-state index in [1.807, 2.05) is 6.92 Å². The third-order valence-electron chi connectivity index (χ3n) is 4.25. The lowest BCUT2D eigenvalue weighted by Gasteiger charge is -2.26. The summed E-state index contributed by atoms with van der Waals surface area (Å²) in [6.07, 6.45) is 0.777. The van der Waals surface area contributed by atoms with Crippen molar-refractivity contribution >= 4 is 21.6 Å². The van der Waals surface area contributed by atoms with E-state index in [0.717, 1.165) is 12.5 Å². The molecule has 23 heavy (non-hydrogen) atoms. The fourth-order valence-electron chi connectivity index (χ4n) is 2.61. The minimum Gasteiger partial charge on any atom is -0.379 e. The van der Waals surface area contributed by atoms with Crippen LogP contribution in [0.3, 0.4) is 0 Å². The van der Waals surface area contributed by atoms with E-state index >= 15 is 0 Å². The summed E-state index contributed by atoms with van der Waals surface area (Å²) in [6, 6.07) is 3.47. The van der Waals surface area contributed by atoms with Crippen molar-refractivity contribution in [1.82, 2.24) is 4.31 Å². The Morgan fingerprint density at radius 2 is 2.00 bits per heavy atom. The van der Waals surface area contributed by atoms with E-state index in [1.165, 1.54) is 16.4 Å². The zero-order valence-corrected chi connectivity index (χ0v) is 13.6. The van der Waals surface area contributed by atoms with Gasteiger partial charge in [-0.25, -0.2) is 12.8 Å². The molecule has 2 atom stereocenters. The number of sulfonamides is 1. The molecule has 126 valence electrons. The zero-order chi connectivity index (χ0) is 16.6. The Labute approximate surface area is 134 Å². The summed E-state index contributed by atoms with van der Waals surface area (Å²) in [5, 5.41) is 2.50. The van der Waals surface area contributed by atoms with Crippen molar-refractivity contribution in [3.63, 3.8) is 0 Å². The van der Waals surface area contributed by atoms with Crippen molar-refractivity contribution in [3.8, 4) is 0 Å². The first-order valence-corrected chi connectivity index (χ1v) is 9.02. The van der Waals surface area contributed by atoms with Gasteiger partial charge in [-0.2, -0.15) is 4.31 Å². The largest absolute Gasteiger partial charge is 0.379 e. The highest BCUT2D eigenvalue weighted by Crippen LogP contribution is 2.38. The molecule has 0 spiro atoms. The number of rotatable bonds is 4. The monoisotopic (exact) mass is 342 g/mol. The second-order valence-corrected chi connectivity index (χ2v) is 7.90. The average molecular weight is 342 g/mol. The number of benzene rings is 1. The number of morpholine rings is 1. The quantitative estimate of drug-likeness (QED) is 0.898. The lowest BCUT2D eigenvalue weighted by atomic mass is 10.2. The summed E-state index contributed by atoms with van der Waals surface area (Å²) in [4.78, 5) is 11.9. The highest BCUT2D eigenvalue weighted by atomic mass is 32.2. The summed E-state index contributed by atoms with van der Waals surface area (Å²) in [6.45, 7) is 3.15. The lowest BCUT2D eigenvalue weighted by molar-refractivity contribution is -0.117. The van der Waals surface area contributed by atoms with E-state index in [-0.39, 0.29) is 35.5 Å². The number of halogens is 1. The van der Waals surface area contributed by atoms with Crippen molar-refractivity contribution in [2.45, 2.75) is 18.2 Å². The second-order valence-electron chi connectivity index (χ2n) is 5.97. The van der Waals surface area contributed by atoms with Gasteiger partial charge in [0.1, 0.15) is 5.82 Å². The number of carbonyl (C=O) groups is 1. The molecule has 6 nitrogen and oxygen atoms in total. The number of hydrogen-bond acceptors (Lipinski definition) is 4. The molecule has 8 heteroatoms. The van der Waals surface area contributed by atoms with Crippen LogP contribution < -0.4 is 5.32 Å². The van der Waals surface area contributed by atoms with Crippen LogP contribution in [0.15, 0.2) is 23.1 Å². The number of hydrogen-bond donors (Lipinski definition) is 1. The van der Waals surface area contributed by atoms with Gasteiger partial charge in [-0.15, -0.1) is 0 Å². The first-order valence-electron chi connectivity index (χ1n) is 7.58. The summed E-state index contributed by atoms with van der Waals surface area (Å²) in [5.41, 5.74) is -0.0940. The Morgan fingerprint density at radius 3 is 2.61 bits per heavy atom. The fourth-order valence-corrected chi connectivity index (χ4v) is 4.04. The van der Waals surface area contributed by atoms with Crippen LogP contribution in [0.5, 0.6) is 0 Å². The van der Waals surface area contributed by atoms with Gasteiger partial charge in [0.2, 0.25) is 15.9 Å². The van der Waals surface area contributed by atoms with Crippen molar-refractivity contribution in [1.29, 1.82) is 0 Å². The van der Waals surface area contributed by atoms with Gasteiger partial charge < -0.3 is 10.1 Å². The first kappa shape index (κ1) is 16.4. The minimum absolute atomic E-state index is 0.0278. The molecule has 1 amide bonds. The molecule has 0 radical (unpaired) electrons. The topological polar surface area (TPSA) is 75.7 Å². The van der Waals surface area contributed by atoms with Gasteiger partial charge in [-0.05, 0) is 30.5 Å². The van der Waals surface area contributed by atoms with E-state index in [9.17, 15) is 17.6 Å². The lowest BCUT2D eigenvalue weighted by Crippen LogP contribution is -2.40. The Hall–Kier alpha value is -1.51. The predicted molar refractivity (Wildman–Crippen MR) is 81.9 cm³/mol. The molecule has 2 aliphatic rings. The molecule has 1 saturated heterocycles. The van der Waals surface area contributed by atoms with E-state index in [2.05, 4.69) is 5.32 Å². The molecule has 1 aliphatic carbocycles. The minimum atomic E-state index is -3.72. The van der Waals surface area contributed by atoms with Crippen LogP contribution in [0.2, 0.25) is 0 Å². The highest BCUT2D eigenvalue weighted by molar-refractivity contribution is 7.89. The molecular formula is C15H19FN2O4S. The molecule has 3 rings (SSSR count). The Balaban J connectivity index is 1.83. The van der Waals surface area contributed by atoms with Crippen molar-refractivity contribution < 1.29 is 22.3 Å². The number of anilines is 1. The molecule has 1 aromatic carbocycles. The second kappa shape index (κ2) is 6.18. The van der Waals surface area contributed by atoms with Crippen molar-refractivity contribution in [3.05, 3.63) is 24.0 Å². The van der Waals surface area contributed by atoms with Gasteiger partial charge in [0, 0.05) is 19.0 Å². The maximum Gasteiger partial charge on any atom is 0.243 e. The number of nitrogens with one attached hydrogen (secondary N) is 1. The first-order chi connectivity index (χ1) is 10.9. The van der Waals surface area contributed by atoms with Gasteiger partial charge in [-0.1, -0.05) is 6.92 Å². The summed E-state index contributed by atoms with van der Waals surface area (Å²) < 4.78 is 45.5. The molecule has 0 unspecified atom stereocenters. The van der Waals surface area contributed by atoms with Crippen LogP contribution >= 0.6 is 0 Å². The molecule has 1 saturated carbocycles. The van der Waals surface area contributed by atoms with Crippen molar-refractivity contribution in [2.75, 3.05) is 31.6 Å². The van der Waals surface area contributed by atoms with E-state index in [1.54, 1.807) is 0 Å². The van der Waals surface area contributed by atoms with Crippen LogP contribution in [-0.2, 0) is 19.6 Å². The Morgan fingerprint density at radius 1 is 1.35 bits per heavy atom. The molecule has 1 heterocycles. The number of amides is 1. The maximum atomic E-state index is 13.9. The molecule has 0 bridgehead atoms. The fraction of sp³-hybridized carbons (Fsp3) is 0.533. The van der Waals surface area contributed by atoms with Gasteiger partial charge in [0.15, 0.2) is 0 Å². The SMILES string of the molecule is C[C@@H]1C[C@@H]1C(=O)Nc1cc(S(=O)(=O)N2CCOCC2)ccc1F. The van der Waals surface area contributed by atoms with Crippen LogP contribution in [0.1, 0.15) is 13.3 Å². The molecule has 1 aliphatic heterocycles. The average Bonchev–Trinajstić information content (AvgIpc) is 3.27. The molecule has 1 aromatic rings. The predicted octanol–water partition coefficient (Wildman–Crippen LogP) is 1.44. The molecule has 2 fully saturated rings. The van der Waals surface area contributed by atoms with Crippen LogP contribution in [0.4, 0.5) is 10.1 Å². The van der Waals surface area contributed by atoms with Gasteiger partial charge >= 0.3 is 0 Å². The molecular weight excluding hydrogens is 323 g/mol. The zero-order valence-electron chi connectivity index (χ0n) is 12.8. The highest BCUT2D eigenvalue weighted by Gasteiger charge is 2.39. The maximum absolute atomic E-state index is 13.9. The smallest absolute Gasteiger partial charge is 0.243 e. The van der Waals surface area contributed by atoms with E-state index in [4.69, 9.17) is 4.74 Å². The number of carbonyl (C=O) groups excluding carboxylic acids is 1. The summed E-state index contributed by atoms with van der Waals surface area (Å²) in [5.74, 6) is -0.739. The van der Waals surface area contributed by atoms with Gasteiger partial charge in [0.05, 0.1) is 23.8 Å². The Bertz CT molecular complexity index is 716. The van der Waals surface area contributed by atoms with Gasteiger partial charge in [0.25, 0.3) is 0 Å². The normalized spacial score (nSPS) is 25.1. The molecule has 0 aromatic heterocycles. The summed E-state index contributed by atoms with van der Waals surface area (Å²) in [7, 11) is -3.72. The van der Waals surface area contributed by atoms with Crippen LogP contribution in [0.25, 0.3) is 0 Å². The van der Waals surface area contributed by atoms with Crippen LogP contribution in [-0.4, -0.2) is 44.9 Å². The third kappa shape index (κ3) is 3.39.